The normalized spacial score (nSPS) is 12.1. The van der Waals surface area contributed by atoms with Gasteiger partial charge in [-0.15, -0.1) is 0 Å². The van der Waals surface area contributed by atoms with Gasteiger partial charge in [-0.1, -0.05) is 37.3 Å². The largest absolute Gasteiger partial charge is 0.457 e. The highest BCUT2D eigenvalue weighted by molar-refractivity contribution is 5.83. The maximum absolute atomic E-state index is 5.95. The summed E-state index contributed by atoms with van der Waals surface area (Å²) < 4.78 is 5.95. The zero-order valence-electron chi connectivity index (χ0n) is 17.7. The molecular formula is C26H27N3O. The minimum atomic E-state index is -0.0108. The molecule has 1 heterocycles. The van der Waals surface area contributed by atoms with Crippen LogP contribution in [0.5, 0.6) is 11.5 Å². The molecule has 0 fully saturated rings. The predicted octanol–water partition coefficient (Wildman–Crippen LogP) is 6.13. The number of hydrogen-bond donors (Lipinski definition) is 1. The number of rotatable bonds is 7. The Morgan fingerprint density at radius 1 is 0.867 bits per heavy atom. The van der Waals surface area contributed by atoms with Crippen molar-refractivity contribution >= 4 is 10.9 Å². The van der Waals surface area contributed by atoms with E-state index in [1.54, 1.807) is 6.33 Å². The fraction of sp³-hybridized carbons (Fsp3) is 0.231. The zero-order chi connectivity index (χ0) is 20.9. The Labute approximate surface area is 178 Å². The van der Waals surface area contributed by atoms with Gasteiger partial charge in [-0.25, -0.2) is 9.97 Å². The maximum atomic E-state index is 5.95. The Hall–Kier alpha value is -3.24. The van der Waals surface area contributed by atoms with Gasteiger partial charge in [0.15, 0.2) is 0 Å². The first-order valence-corrected chi connectivity index (χ1v) is 10.4. The molecule has 1 N–H and O–H groups in total. The van der Waals surface area contributed by atoms with Gasteiger partial charge in [-0.3, -0.25) is 0 Å². The fourth-order valence-electron chi connectivity index (χ4n) is 3.58. The number of aromatic nitrogens is 2. The molecule has 4 heteroatoms. The van der Waals surface area contributed by atoms with E-state index in [0.717, 1.165) is 46.6 Å². The molecule has 0 amide bonds. The predicted molar refractivity (Wildman–Crippen MR) is 122 cm³/mol. The highest BCUT2D eigenvalue weighted by atomic mass is 16.5. The van der Waals surface area contributed by atoms with Crippen LogP contribution >= 0.6 is 0 Å². The van der Waals surface area contributed by atoms with Gasteiger partial charge >= 0.3 is 0 Å². The summed E-state index contributed by atoms with van der Waals surface area (Å²) in [5, 5.41) is 4.76. The number of fused-ring (bicyclic) bond motifs is 1. The molecule has 0 spiro atoms. The van der Waals surface area contributed by atoms with E-state index in [1.165, 1.54) is 11.1 Å². The summed E-state index contributed by atoms with van der Waals surface area (Å²) in [5.41, 5.74) is 5.64. The monoisotopic (exact) mass is 397 g/mol. The highest BCUT2D eigenvalue weighted by Gasteiger charge is 2.19. The lowest BCUT2D eigenvalue weighted by Crippen LogP contribution is -2.24. The lowest BCUT2D eigenvalue weighted by atomic mass is 9.97. The van der Waals surface area contributed by atoms with Crippen molar-refractivity contribution < 1.29 is 4.74 Å². The van der Waals surface area contributed by atoms with Gasteiger partial charge in [-0.2, -0.15) is 0 Å². The first kappa shape index (κ1) is 20.0. The second-order valence-corrected chi connectivity index (χ2v) is 7.58. The van der Waals surface area contributed by atoms with Gasteiger partial charge in [0.1, 0.15) is 17.8 Å². The van der Waals surface area contributed by atoms with E-state index in [9.17, 15) is 0 Å². The van der Waals surface area contributed by atoms with E-state index in [1.807, 2.05) is 42.5 Å². The van der Waals surface area contributed by atoms with Crippen LogP contribution in [-0.2, 0) is 0 Å². The van der Waals surface area contributed by atoms with Crippen molar-refractivity contribution in [2.45, 2.75) is 33.2 Å². The van der Waals surface area contributed by atoms with Gasteiger partial charge in [0, 0.05) is 5.39 Å². The minimum absolute atomic E-state index is 0.0108. The maximum Gasteiger partial charge on any atom is 0.127 e. The average molecular weight is 398 g/mol. The first-order valence-electron chi connectivity index (χ1n) is 10.4. The number of benzene rings is 3. The van der Waals surface area contributed by atoms with Crippen molar-refractivity contribution in [3.8, 4) is 11.5 Å². The molecule has 152 valence electrons. The molecule has 1 aromatic heterocycles. The van der Waals surface area contributed by atoms with Gasteiger partial charge < -0.3 is 10.1 Å². The van der Waals surface area contributed by atoms with Crippen molar-refractivity contribution in [2.24, 2.45) is 0 Å². The van der Waals surface area contributed by atoms with Crippen molar-refractivity contribution in [3.63, 3.8) is 0 Å². The summed E-state index contributed by atoms with van der Waals surface area (Å²) >= 11 is 0. The highest BCUT2D eigenvalue weighted by Crippen LogP contribution is 2.30. The number of para-hydroxylation sites is 1. The van der Waals surface area contributed by atoms with Crippen LogP contribution in [0.4, 0.5) is 0 Å². The molecule has 3 aromatic carbocycles. The summed E-state index contributed by atoms with van der Waals surface area (Å²) in [5.74, 6) is 1.65. The Morgan fingerprint density at radius 3 is 2.30 bits per heavy atom. The third-order valence-corrected chi connectivity index (χ3v) is 5.35. The fourth-order valence-corrected chi connectivity index (χ4v) is 3.58. The molecule has 0 aliphatic heterocycles. The lowest BCUT2D eigenvalue weighted by molar-refractivity contribution is 0.482. The van der Waals surface area contributed by atoms with Crippen LogP contribution in [0.25, 0.3) is 10.9 Å². The van der Waals surface area contributed by atoms with Crippen molar-refractivity contribution in [1.29, 1.82) is 0 Å². The molecule has 0 saturated heterocycles. The molecule has 1 atom stereocenters. The van der Waals surface area contributed by atoms with Crippen LogP contribution in [0.1, 0.15) is 41.8 Å². The first-order chi connectivity index (χ1) is 14.7. The van der Waals surface area contributed by atoms with E-state index in [-0.39, 0.29) is 6.04 Å². The molecule has 0 aliphatic rings. The second kappa shape index (κ2) is 9.06. The van der Waals surface area contributed by atoms with Crippen molar-refractivity contribution in [2.75, 3.05) is 6.54 Å². The quantitative estimate of drug-likeness (QED) is 0.408. The molecule has 0 radical (unpaired) electrons. The van der Waals surface area contributed by atoms with Crippen LogP contribution < -0.4 is 10.1 Å². The third kappa shape index (κ3) is 4.34. The van der Waals surface area contributed by atoms with E-state index >= 15 is 0 Å². The summed E-state index contributed by atoms with van der Waals surface area (Å²) in [6, 6.07) is 22.4. The molecule has 0 aliphatic carbocycles. The Balaban J connectivity index is 1.70. The number of hydrogen-bond acceptors (Lipinski definition) is 4. The van der Waals surface area contributed by atoms with Gasteiger partial charge in [0.05, 0.1) is 17.3 Å². The Bertz CT molecular complexity index is 1120. The van der Waals surface area contributed by atoms with Crippen molar-refractivity contribution in [1.82, 2.24) is 15.3 Å². The number of ether oxygens (including phenoxy) is 1. The van der Waals surface area contributed by atoms with Gasteiger partial charge in [-0.05, 0) is 79.9 Å². The molecule has 0 unspecified atom stereocenters. The molecule has 0 bridgehead atoms. The zero-order valence-corrected chi connectivity index (χ0v) is 17.7. The summed E-state index contributed by atoms with van der Waals surface area (Å²) in [4.78, 5) is 9.19. The van der Waals surface area contributed by atoms with Gasteiger partial charge in [0.25, 0.3) is 0 Å². The van der Waals surface area contributed by atoms with Crippen molar-refractivity contribution in [3.05, 3.63) is 95.4 Å². The van der Waals surface area contributed by atoms with Gasteiger partial charge in [0.2, 0.25) is 0 Å². The summed E-state index contributed by atoms with van der Waals surface area (Å²) in [6.07, 6.45) is 2.72. The third-order valence-electron chi connectivity index (χ3n) is 5.35. The number of aryl methyl sites for hydroxylation is 2. The van der Waals surface area contributed by atoms with Crippen LogP contribution in [0.15, 0.2) is 73.1 Å². The molecule has 0 saturated carbocycles. The summed E-state index contributed by atoms with van der Waals surface area (Å²) in [6.45, 7) is 7.33. The van der Waals surface area contributed by atoms with E-state index in [0.29, 0.717) is 0 Å². The number of nitrogens with one attached hydrogen (secondary N) is 1. The molecule has 30 heavy (non-hydrogen) atoms. The topological polar surface area (TPSA) is 47.0 Å². The van der Waals surface area contributed by atoms with E-state index < -0.39 is 0 Å². The van der Waals surface area contributed by atoms with Crippen LogP contribution in [-0.4, -0.2) is 16.5 Å². The lowest BCUT2D eigenvalue weighted by Gasteiger charge is -2.21. The number of nitrogens with zero attached hydrogens (tertiary/aromatic N) is 2. The standard InChI is InChI=1S/C26H27N3O/c1-4-14-27-25(26-23-15-18(2)19(3)16-24(23)28-17-29-26)20-10-12-22(13-11-20)30-21-8-6-5-7-9-21/h5-13,15-17,25,27H,4,14H2,1-3H3/t25-/m1/s1. The van der Waals surface area contributed by atoms with Crippen LogP contribution in [0.2, 0.25) is 0 Å². The Morgan fingerprint density at radius 2 is 1.57 bits per heavy atom. The molecule has 4 nitrogen and oxygen atoms in total. The molecular weight excluding hydrogens is 370 g/mol. The SMILES string of the molecule is CCCN[C@H](c1ccc(Oc2ccccc2)cc1)c1ncnc2cc(C)c(C)cc12. The summed E-state index contributed by atoms with van der Waals surface area (Å²) in [7, 11) is 0. The Kier molecular flexibility index (Phi) is 6.05. The minimum Gasteiger partial charge on any atom is -0.457 e. The molecule has 4 rings (SSSR count). The second-order valence-electron chi connectivity index (χ2n) is 7.58. The smallest absolute Gasteiger partial charge is 0.127 e. The molecule has 4 aromatic rings. The van der Waals surface area contributed by atoms with E-state index in [4.69, 9.17) is 9.72 Å². The average Bonchev–Trinajstić information content (AvgIpc) is 2.77. The van der Waals surface area contributed by atoms with E-state index in [2.05, 4.69) is 55.3 Å². The van der Waals surface area contributed by atoms with Crippen LogP contribution in [0, 0.1) is 13.8 Å². The van der Waals surface area contributed by atoms with Crippen LogP contribution in [0.3, 0.4) is 0 Å².